The Bertz CT molecular complexity index is 467. The molecule has 0 aromatic heterocycles. The molecule has 1 atom stereocenters. The summed E-state index contributed by atoms with van der Waals surface area (Å²) in [5, 5.41) is 10.1. The molecular weight excluding hydrogens is 281 g/mol. The molecule has 1 aliphatic heterocycles. The first-order valence-electron chi connectivity index (χ1n) is 5.12. The molecule has 17 heavy (non-hydrogen) atoms. The van der Waals surface area contributed by atoms with Crippen molar-refractivity contribution in [1.29, 1.82) is 0 Å². The van der Waals surface area contributed by atoms with Gasteiger partial charge in [0.05, 0.1) is 15.7 Å². The Kier molecular flexibility index (Phi) is 3.76. The van der Waals surface area contributed by atoms with Crippen LogP contribution in [0.1, 0.15) is 6.42 Å². The summed E-state index contributed by atoms with van der Waals surface area (Å²) in [6.45, 7) is 0.573. The SMILES string of the molecule is O=C1CC(CS)CN1c1cc(O)c(Cl)cc1Cl. The first-order valence-corrected chi connectivity index (χ1v) is 6.51. The molecule has 0 saturated carbocycles. The second kappa shape index (κ2) is 4.96. The third-order valence-corrected chi connectivity index (χ3v) is 3.89. The molecule has 1 unspecified atom stereocenters. The molecule has 1 N–H and O–H groups in total. The van der Waals surface area contributed by atoms with Crippen LogP contribution in [0.25, 0.3) is 0 Å². The molecule has 3 nitrogen and oxygen atoms in total. The third-order valence-electron chi connectivity index (χ3n) is 2.77. The van der Waals surface area contributed by atoms with Crippen molar-refractivity contribution < 1.29 is 9.90 Å². The van der Waals surface area contributed by atoms with E-state index in [-0.39, 0.29) is 22.6 Å². The molecule has 1 fully saturated rings. The molecule has 1 aliphatic rings. The zero-order chi connectivity index (χ0) is 12.6. The minimum Gasteiger partial charge on any atom is -0.506 e. The minimum absolute atomic E-state index is 0.00678. The van der Waals surface area contributed by atoms with Crippen LogP contribution in [-0.2, 0) is 4.79 Å². The smallest absolute Gasteiger partial charge is 0.227 e. The molecule has 2 rings (SSSR count). The summed E-state index contributed by atoms with van der Waals surface area (Å²) in [5.41, 5.74) is 0.503. The molecule has 6 heteroatoms. The molecule has 1 saturated heterocycles. The Morgan fingerprint density at radius 1 is 1.41 bits per heavy atom. The van der Waals surface area contributed by atoms with E-state index in [1.807, 2.05) is 0 Å². The first kappa shape index (κ1) is 12.9. The fourth-order valence-electron chi connectivity index (χ4n) is 1.87. The van der Waals surface area contributed by atoms with Crippen molar-refractivity contribution >= 4 is 47.4 Å². The van der Waals surface area contributed by atoms with E-state index in [1.165, 1.54) is 12.1 Å². The lowest BCUT2D eigenvalue weighted by Crippen LogP contribution is -2.24. The summed E-state index contributed by atoms with van der Waals surface area (Å²) in [5.74, 6) is 0.792. The largest absolute Gasteiger partial charge is 0.506 e. The molecule has 1 amide bonds. The first-order chi connectivity index (χ1) is 8.02. The van der Waals surface area contributed by atoms with E-state index < -0.39 is 0 Å². The van der Waals surface area contributed by atoms with Gasteiger partial charge in [0.1, 0.15) is 5.75 Å². The lowest BCUT2D eigenvalue weighted by Gasteiger charge is -2.18. The van der Waals surface area contributed by atoms with Crippen molar-refractivity contribution in [2.45, 2.75) is 6.42 Å². The van der Waals surface area contributed by atoms with Gasteiger partial charge >= 0.3 is 0 Å². The zero-order valence-corrected chi connectivity index (χ0v) is 11.3. The number of phenols is 1. The predicted molar refractivity (Wildman–Crippen MR) is 72.4 cm³/mol. The predicted octanol–water partition coefficient (Wildman–Crippen LogP) is 2.98. The summed E-state index contributed by atoms with van der Waals surface area (Å²) >= 11 is 16.0. The number of halogens is 2. The molecule has 0 aliphatic carbocycles. The van der Waals surface area contributed by atoms with E-state index in [2.05, 4.69) is 12.6 Å². The lowest BCUT2D eigenvalue weighted by molar-refractivity contribution is -0.117. The molecule has 1 heterocycles. The van der Waals surface area contributed by atoms with Gasteiger partial charge in [-0.25, -0.2) is 0 Å². The van der Waals surface area contributed by atoms with Gasteiger partial charge in [0.2, 0.25) is 5.91 Å². The standard InChI is InChI=1S/C11H11Cl2NO2S/c12-7-2-8(13)10(15)3-9(7)14-4-6(5-17)1-11(14)16/h2-3,6,15,17H,1,4-5H2. The molecule has 0 spiro atoms. The van der Waals surface area contributed by atoms with Crippen molar-refractivity contribution in [1.82, 2.24) is 0 Å². The van der Waals surface area contributed by atoms with Crippen LogP contribution in [0.15, 0.2) is 12.1 Å². The highest BCUT2D eigenvalue weighted by Crippen LogP contribution is 2.38. The highest BCUT2D eigenvalue weighted by Gasteiger charge is 2.31. The van der Waals surface area contributed by atoms with Crippen molar-refractivity contribution in [2.75, 3.05) is 17.2 Å². The normalized spacial score (nSPS) is 20.1. The van der Waals surface area contributed by atoms with Gasteiger partial charge in [-0.1, -0.05) is 23.2 Å². The summed E-state index contributed by atoms with van der Waals surface area (Å²) in [4.78, 5) is 13.4. The zero-order valence-electron chi connectivity index (χ0n) is 8.86. The van der Waals surface area contributed by atoms with Crippen molar-refractivity contribution in [2.24, 2.45) is 5.92 Å². The van der Waals surface area contributed by atoms with Crippen LogP contribution >= 0.6 is 35.8 Å². The Morgan fingerprint density at radius 3 is 2.71 bits per heavy atom. The van der Waals surface area contributed by atoms with Crippen molar-refractivity contribution in [3.05, 3.63) is 22.2 Å². The summed E-state index contributed by atoms with van der Waals surface area (Å²) in [6.07, 6.45) is 0.462. The number of amides is 1. The van der Waals surface area contributed by atoms with Gasteiger partial charge in [-0.2, -0.15) is 12.6 Å². The van der Waals surface area contributed by atoms with Gasteiger partial charge in [0.25, 0.3) is 0 Å². The quantitative estimate of drug-likeness (QED) is 0.823. The lowest BCUT2D eigenvalue weighted by atomic mass is 10.1. The summed E-state index contributed by atoms with van der Waals surface area (Å²) in [6, 6.07) is 2.86. The van der Waals surface area contributed by atoms with Gasteiger partial charge in [-0.15, -0.1) is 0 Å². The number of carbonyl (C=O) groups is 1. The van der Waals surface area contributed by atoms with Crippen LogP contribution in [0.5, 0.6) is 5.75 Å². The van der Waals surface area contributed by atoms with Crippen molar-refractivity contribution in [3.63, 3.8) is 0 Å². The Balaban J connectivity index is 2.35. The maximum absolute atomic E-state index is 11.8. The average Bonchev–Trinajstić information content (AvgIpc) is 2.65. The van der Waals surface area contributed by atoms with E-state index in [0.29, 0.717) is 29.4 Å². The fraction of sp³-hybridized carbons (Fsp3) is 0.364. The van der Waals surface area contributed by atoms with Crippen LogP contribution in [0.4, 0.5) is 5.69 Å². The number of benzene rings is 1. The van der Waals surface area contributed by atoms with Gasteiger partial charge in [0, 0.05) is 19.0 Å². The number of hydrogen-bond acceptors (Lipinski definition) is 3. The number of nitrogens with zero attached hydrogens (tertiary/aromatic N) is 1. The number of hydrogen-bond donors (Lipinski definition) is 2. The highest BCUT2D eigenvalue weighted by molar-refractivity contribution is 7.80. The second-order valence-corrected chi connectivity index (χ2v) is 5.19. The number of carbonyl (C=O) groups excluding carboxylic acids is 1. The maximum Gasteiger partial charge on any atom is 0.227 e. The number of phenolic OH excluding ortho intramolecular Hbond substituents is 1. The minimum atomic E-state index is -0.0757. The fourth-order valence-corrected chi connectivity index (χ4v) is 2.60. The topological polar surface area (TPSA) is 40.5 Å². The van der Waals surface area contributed by atoms with Crippen LogP contribution in [0.2, 0.25) is 10.0 Å². The molecule has 0 bridgehead atoms. The van der Waals surface area contributed by atoms with E-state index in [4.69, 9.17) is 23.2 Å². The van der Waals surface area contributed by atoms with Crippen molar-refractivity contribution in [3.8, 4) is 5.75 Å². The van der Waals surface area contributed by atoms with Crippen LogP contribution in [-0.4, -0.2) is 23.3 Å². The maximum atomic E-state index is 11.8. The number of anilines is 1. The highest BCUT2D eigenvalue weighted by atomic mass is 35.5. The Morgan fingerprint density at radius 2 is 2.12 bits per heavy atom. The van der Waals surface area contributed by atoms with Crippen LogP contribution in [0.3, 0.4) is 0 Å². The van der Waals surface area contributed by atoms with Crippen LogP contribution < -0.4 is 4.90 Å². The van der Waals surface area contributed by atoms with Gasteiger partial charge in [-0.05, 0) is 17.7 Å². The number of rotatable bonds is 2. The summed E-state index contributed by atoms with van der Waals surface area (Å²) in [7, 11) is 0. The monoisotopic (exact) mass is 291 g/mol. The third kappa shape index (κ3) is 2.49. The van der Waals surface area contributed by atoms with Crippen LogP contribution in [0, 0.1) is 5.92 Å². The van der Waals surface area contributed by atoms with Gasteiger partial charge in [-0.3, -0.25) is 4.79 Å². The van der Waals surface area contributed by atoms with E-state index in [1.54, 1.807) is 4.90 Å². The molecule has 1 aromatic rings. The Labute approximate surface area is 115 Å². The molecular formula is C11H11Cl2NO2S. The average molecular weight is 292 g/mol. The van der Waals surface area contributed by atoms with E-state index >= 15 is 0 Å². The van der Waals surface area contributed by atoms with Gasteiger partial charge in [0.15, 0.2) is 0 Å². The number of thiol groups is 1. The molecule has 92 valence electrons. The number of aromatic hydroxyl groups is 1. The molecule has 1 aromatic carbocycles. The summed E-state index contributed by atoms with van der Waals surface area (Å²) < 4.78 is 0. The van der Waals surface area contributed by atoms with E-state index in [0.717, 1.165) is 0 Å². The second-order valence-electron chi connectivity index (χ2n) is 4.01. The molecule has 0 radical (unpaired) electrons. The Hall–Kier alpha value is -0.580. The van der Waals surface area contributed by atoms with E-state index in [9.17, 15) is 9.90 Å². The van der Waals surface area contributed by atoms with Gasteiger partial charge < -0.3 is 10.0 Å².